The Hall–Kier alpha value is -2.14. The Morgan fingerprint density at radius 2 is 2.00 bits per heavy atom. The average molecular weight is 300 g/mol. The van der Waals surface area contributed by atoms with Crippen molar-refractivity contribution < 1.29 is 4.79 Å². The Morgan fingerprint density at radius 1 is 1.27 bits per heavy atom. The molecule has 5 nitrogen and oxygen atoms in total. The first-order chi connectivity index (χ1) is 10.6. The number of nitrogens with one attached hydrogen (secondary N) is 2. The standard InChI is InChI=1S/C17H24N4O/c1-13(2)17-14(11-19-16(22)9-10-18-3)12-21(20-17)15-7-5-4-6-8-15/h4-8,12-13,18H,9-11H2,1-3H3,(H,19,22). The molecule has 0 radical (unpaired) electrons. The van der Waals surface area contributed by atoms with Crippen molar-refractivity contribution in [2.24, 2.45) is 0 Å². The van der Waals surface area contributed by atoms with Crippen LogP contribution in [0.1, 0.15) is 37.4 Å². The van der Waals surface area contributed by atoms with E-state index in [0.717, 1.165) is 16.9 Å². The van der Waals surface area contributed by atoms with Crippen LogP contribution in [-0.2, 0) is 11.3 Å². The van der Waals surface area contributed by atoms with Gasteiger partial charge in [-0.2, -0.15) is 5.10 Å². The van der Waals surface area contributed by atoms with Crippen molar-refractivity contribution in [2.45, 2.75) is 32.7 Å². The highest BCUT2D eigenvalue weighted by Gasteiger charge is 2.14. The lowest BCUT2D eigenvalue weighted by atomic mass is 10.1. The number of nitrogens with zero attached hydrogens (tertiary/aromatic N) is 2. The molecule has 1 heterocycles. The molecule has 0 bridgehead atoms. The van der Waals surface area contributed by atoms with Crippen molar-refractivity contribution >= 4 is 5.91 Å². The van der Waals surface area contributed by atoms with Gasteiger partial charge in [0.2, 0.25) is 5.91 Å². The van der Waals surface area contributed by atoms with Crippen molar-refractivity contribution in [3.63, 3.8) is 0 Å². The van der Waals surface area contributed by atoms with Gasteiger partial charge in [-0.05, 0) is 25.1 Å². The molecule has 1 aromatic carbocycles. The highest BCUT2D eigenvalue weighted by Crippen LogP contribution is 2.19. The summed E-state index contributed by atoms with van der Waals surface area (Å²) < 4.78 is 1.88. The molecule has 0 aliphatic heterocycles. The van der Waals surface area contributed by atoms with Crippen LogP contribution >= 0.6 is 0 Å². The molecule has 0 atom stereocenters. The van der Waals surface area contributed by atoms with Crippen molar-refractivity contribution in [1.82, 2.24) is 20.4 Å². The van der Waals surface area contributed by atoms with E-state index in [0.29, 0.717) is 25.4 Å². The molecule has 0 aliphatic rings. The predicted octanol–water partition coefficient (Wildman–Crippen LogP) is 2.22. The molecule has 0 unspecified atom stereocenters. The minimum atomic E-state index is 0.0523. The number of hydrogen-bond acceptors (Lipinski definition) is 3. The Bertz CT molecular complexity index is 604. The number of hydrogen-bond donors (Lipinski definition) is 2. The molecule has 0 saturated carbocycles. The summed E-state index contributed by atoms with van der Waals surface area (Å²) in [7, 11) is 1.84. The summed E-state index contributed by atoms with van der Waals surface area (Å²) in [5.74, 6) is 0.366. The van der Waals surface area contributed by atoms with Crippen LogP contribution in [0.2, 0.25) is 0 Å². The molecule has 22 heavy (non-hydrogen) atoms. The van der Waals surface area contributed by atoms with Gasteiger partial charge in [-0.3, -0.25) is 4.79 Å². The van der Waals surface area contributed by atoms with Gasteiger partial charge in [0.1, 0.15) is 0 Å². The molecule has 1 aromatic heterocycles. The summed E-state index contributed by atoms with van der Waals surface area (Å²) in [6, 6.07) is 10.0. The maximum Gasteiger partial charge on any atom is 0.221 e. The highest BCUT2D eigenvalue weighted by atomic mass is 16.1. The number of carbonyl (C=O) groups is 1. The molecule has 0 fully saturated rings. The third-order valence-electron chi connectivity index (χ3n) is 3.47. The van der Waals surface area contributed by atoms with E-state index in [4.69, 9.17) is 0 Å². The van der Waals surface area contributed by atoms with Crippen molar-refractivity contribution in [3.8, 4) is 5.69 Å². The normalized spacial score (nSPS) is 10.9. The van der Waals surface area contributed by atoms with Gasteiger partial charge >= 0.3 is 0 Å². The molecule has 1 amide bonds. The summed E-state index contributed by atoms with van der Waals surface area (Å²) in [6.07, 6.45) is 2.49. The number of para-hydroxylation sites is 1. The minimum absolute atomic E-state index is 0.0523. The first-order valence-corrected chi connectivity index (χ1v) is 7.67. The van der Waals surface area contributed by atoms with Crippen LogP contribution in [0.4, 0.5) is 0 Å². The summed E-state index contributed by atoms with van der Waals surface area (Å²) >= 11 is 0. The molecule has 2 rings (SSSR count). The van der Waals surface area contributed by atoms with E-state index in [1.807, 2.05) is 48.3 Å². The lowest BCUT2D eigenvalue weighted by molar-refractivity contribution is -0.121. The summed E-state index contributed by atoms with van der Waals surface area (Å²) in [5, 5.41) is 10.6. The van der Waals surface area contributed by atoms with E-state index in [9.17, 15) is 4.79 Å². The summed E-state index contributed by atoms with van der Waals surface area (Å²) in [6.45, 7) is 5.43. The molecule has 2 aromatic rings. The zero-order valence-corrected chi connectivity index (χ0v) is 13.5. The fourth-order valence-corrected chi connectivity index (χ4v) is 2.28. The lowest BCUT2D eigenvalue weighted by Gasteiger charge is -2.07. The molecule has 0 saturated heterocycles. The van der Waals surface area contributed by atoms with Gasteiger partial charge < -0.3 is 10.6 Å². The van der Waals surface area contributed by atoms with Crippen molar-refractivity contribution in [2.75, 3.05) is 13.6 Å². The van der Waals surface area contributed by atoms with Gasteiger partial charge in [0.15, 0.2) is 0 Å². The highest BCUT2D eigenvalue weighted by molar-refractivity contribution is 5.76. The predicted molar refractivity (Wildman–Crippen MR) is 88.0 cm³/mol. The molecule has 118 valence electrons. The number of benzene rings is 1. The van der Waals surface area contributed by atoms with Gasteiger partial charge in [0.05, 0.1) is 11.4 Å². The summed E-state index contributed by atoms with van der Waals surface area (Å²) in [5.41, 5.74) is 3.12. The van der Waals surface area contributed by atoms with Crippen LogP contribution in [0.15, 0.2) is 36.5 Å². The number of rotatable bonds is 7. The van der Waals surface area contributed by atoms with Crippen molar-refractivity contribution in [1.29, 1.82) is 0 Å². The first-order valence-electron chi connectivity index (χ1n) is 7.67. The van der Waals surface area contributed by atoms with Crippen LogP contribution < -0.4 is 10.6 Å². The quantitative estimate of drug-likeness (QED) is 0.824. The SMILES string of the molecule is CNCCC(=O)NCc1cn(-c2ccccc2)nc1C(C)C. The third kappa shape index (κ3) is 4.18. The molecule has 0 aliphatic carbocycles. The van der Waals surface area contributed by atoms with E-state index >= 15 is 0 Å². The van der Waals surface area contributed by atoms with Crippen molar-refractivity contribution in [3.05, 3.63) is 47.8 Å². The van der Waals surface area contributed by atoms with E-state index in [1.165, 1.54) is 0 Å². The molecule has 2 N–H and O–H groups in total. The van der Waals surface area contributed by atoms with E-state index in [-0.39, 0.29) is 5.91 Å². The van der Waals surface area contributed by atoms with Gasteiger partial charge in [-0.15, -0.1) is 0 Å². The van der Waals surface area contributed by atoms with Gasteiger partial charge in [-0.25, -0.2) is 4.68 Å². The fraction of sp³-hybridized carbons (Fsp3) is 0.412. The number of carbonyl (C=O) groups excluding carboxylic acids is 1. The first kappa shape index (κ1) is 16.2. The molecular formula is C17H24N4O. The topological polar surface area (TPSA) is 59.0 Å². The van der Waals surface area contributed by atoms with Crippen LogP contribution in [0.3, 0.4) is 0 Å². The molecular weight excluding hydrogens is 276 g/mol. The molecule has 0 spiro atoms. The van der Waals surface area contributed by atoms with E-state index in [2.05, 4.69) is 29.6 Å². The van der Waals surface area contributed by atoms with Gasteiger partial charge in [0.25, 0.3) is 0 Å². The minimum Gasteiger partial charge on any atom is -0.352 e. The zero-order chi connectivity index (χ0) is 15.9. The second kappa shape index (κ2) is 7.75. The van der Waals surface area contributed by atoms with E-state index < -0.39 is 0 Å². The van der Waals surface area contributed by atoms with Crippen LogP contribution in [0.25, 0.3) is 5.69 Å². The second-order valence-electron chi connectivity index (χ2n) is 5.60. The van der Waals surface area contributed by atoms with Crippen LogP contribution in [0.5, 0.6) is 0 Å². The van der Waals surface area contributed by atoms with Gasteiger partial charge in [-0.1, -0.05) is 32.0 Å². The largest absolute Gasteiger partial charge is 0.352 e. The maximum atomic E-state index is 11.8. The zero-order valence-electron chi connectivity index (χ0n) is 13.5. The Balaban J connectivity index is 2.13. The monoisotopic (exact) mass is 300 g/mol. The fourth-order valence-electron chi connectivity index (χ4n) is 2.28. The second-order valence-corrected chi connectivity index (χ2v) is 5.60. The lowest BCUT2D eigenvalue weighted by Crippen LogP contribution is -2.26. The number of amides is 1. The van der Waals surface area contributed by atoms with E-state index in [1.54, 1.807) is 0 Å². The molecule has 5 heteroatoms. The Labute approximate surface area is 131 Å². The third-order valence-corrected chi connectivity index (χ3v) is 3.47. The number of aromatic nitrogens is 2. The van der Waals surface area contributed by atoms with Crippen LogP contribution in [-0.4, -0.2) is 29.3 Å². The average Bonchev–Trinajstić information content (AvgIpc) is 2.96. The van der Waals surface area contributed by atoms with Crippen LogP contribution in [0, 0.1) is 0 Å². The smallest absolute Gasteiger partial charge is 0.221 e. The maximum absolute atomic E-state index is 11.8. The Morgan fingerprint density at radius 3 is 2.64 bits per heavy atom. The van der Waals surface area contributed by atoms with Gasteiger partial charge in [0, 0.05) is 31.3 Å². The Kier molecular flexibility index (Phi) is 5.72. The summed E-state index contributed by atoms with van der Waals surface area (Å²) in [4.78, 5) is 11.8.